The number of likely N-dealkylation sites (tertiary alicyclic amines) is 1. The van der Waals surface area contributed by atoms with Crippen LogP contribution in [0.4, 0.5) is 4.79 Å². The maximum Gasteiger partial charge on any atom is 0.315 e. The number of aliphatic carboxylic acids is 1. The van der Waals surface area contributed by atoms with Crippen LogP contribution in [0.3, 0.4) is 0 Å². The van der Waals surface area contributed by atoms with Crippen molar-refractivity contribution in [1.82, 2.24) is 15.5 Å². The predicted octanol–water partition coefficient (Wildman–Crippen LogP) is 1.19. The van der Waals surface area contributed by atoms with Crippen molar-refractivity contribution in [2.45, 2.75) is 44.7 Å². The molecule has 3 N–H and O–H groups in total. The first kappa shape index (κ1) is 15.8. The van der Waals surface area contributed by atoms with Crippen LogP contribution in [0.2, 0.25) is 0 Å². The van der Waals surface area contributed by atoms with Gasteiger partial charge in [0.05, 0.1) is 12.0 Å². The highest BCUT2D eigenvalue weighted by Gasteiger charge is 2.26. The SMILES string of the molecule is CCCN1CCC(NC(=O)NC2C=CC(C(=O)O)C2)CC1. The largest absolute Gasteiger partial charge is 0.481 e. The van der Waals surface area contributed by atoms with E-state index in [4.69, 9.17) is 5.11 Å². The summed E-state index contributed by atoms with van der Waals surface area (Å²) in [5.41, 5.74) is 0. The molecule has 1 saturated heterocycles. The number of nitrogens with zero attached hydrogens (tertiary/aromatic N) is 1. The first-order valence-corrected chi connectivity index (χ1v) is 7.79. The van der Waals surface area contributed by atoms with Crippen molar-refractivity contribution in [2.24, 2.45) is 5.92 Å². The molecule has 0 spiro atoms. The summed E-state index contributed by atoms with van der Waals surface area (Å²) in [4.78, 5) is 25.2. The van der Waals surface area contributed by atoms with Gasteiger partial charge < -0.3 is 20.6 Å². The van der Waals surface area contributed by atoms with E-state index in [0.29, 0.717) is 6.42 Å². The van der Waals surface area contributed by atoms with Gasteiger partial charge in [-0.15, -0.1) is 0 Å². The molecule has 0 bridgehead atoms. The van der Waals surface area contributed by atoms with Gasteiger partial charge in [0.15, 0.2) is 0 Å². The van der Waals surface area contributed by atoms with E-state index in [-0.39, 0.29) is 18.1 Å². The zero-order chi connectivity index (χ0) is 15.2. The zero-order valence-corrected chi connectivity index (χ0v) is 12.5. The monoisotopic (exact) mass is 295 g/mol. The Labute approximate surface area is 125 Å². The van der Waals surface area contributed by atoms with Gasteiger partial charge >= 0.3 is 12.0 Å². The summed E-state index contributed by atoms with van der Waals surface area (Å²) < 4.78 is 0. The van der Waals surface area contributed by atoms with Crippen LogP contribution in [0.15, 0.2) is 12.2 Å². The Hall–Kier alpha value is -1.56. The molecule has 2 atom stereocenters. The van der Waals surface area contributed by atoms with E-state index < -0.39 is 11.9 Å². The fourth-order valence-electron chi connectivity index (χ4n) is 3.00. The number of carbonyl (C=O) groups excluding carboxylic acids is 1. The number of hydrogen-bond donors (Lipinski definition) is 3. The van der Waals surface area contributed by atoms with Crippen LogP contribution in [-0.4, -0.2) is 53.7 Å². The summed E-state index contributed by atoms with van der Waals surface area (Å²) in [7, 11) is 0. The van der Waals surface area contributed by atoms with Gasteiger partial charge in [0.2, 0.25) is 0 Å². The van der Waals surface area contributed by atoms with Gasteiger partial charge in [-0.25, -0.2) is 4.79 Å². The summed E-state index contributed by atoms with van der Waals surface area (Å²) in [6.07, 6.45) is 6.98. The van der Waals surface area contributed by atoms with Gasteiger partial charge in [0.1, 0.15) is 0 Å². The van der Waals surface area contributed by atoms with Crippen LogP contribution in [0.1, 0.15) is 32.6 Å². The second-order valence-corrected chi connectivity index (χ2v) is 5.91. The Morgan fingerprint density at radius 1 is 1.24 bits per heavy atom. The predicted molar refractivity (Wildman–Crippen MR) is 80.1 cm³/mol. The smallest absolute Gasteiger partial charge is 0.315 e. The number of piperidine rings is 1. The second-order valence-electron chi connectivity index (χ2n) is 5.91. The molecule has 0 aromatic heterocycles. The fourth-order valence-corrected chi connectivity index (χ4v) is 3.00. The maximum absolute atomic E-state index is 11.9. The fraction of sp³-hybridized carbons (Fsp3) is 0.733. The maximum atomic E-state index is 11.9. The first-order chi connectivity index (χ1) is 10.1. The number of carboxylic acid groups (broad SMARTS) is 1. The lowest BCUT2D eigenvalue weighted by molar-refractivity contribution is -0.140. The van der Waals surface area contributed by atoms with Crippen LogP contribution in [-0.2, 0) is 4.79 Å². The Bertz CT molecular complexity index is 403. The highest BCUT2D eigenvalue weighted by atomic mass is 16.4. The van der Waals surface area contributed by atoms with Gasteiger partial charge in [0.25, 0.3) is 0 Å². The molecule has 21 heavy (non-hydrogen) atoms. The van der Waals surface area contributed by atoms with E-state index in [2.05, 4.69) is 22.5 Å². The number of nitrogens with one attached hydrogen (secondary N) is 2. The molecule has 1 aliphatic heterocycles. The van der Waals surface area contributed by atoms with Crippen molar-refractivity contribution in [2.75, 3.05) is 19.6 Å². The van der Waals surface area contributed by atoms with Crippen LogP contribution < -0.4 is 10.6 Å². The molecule has 1 fully saturated rings. The number of carbonyl (C=O) groups is 2. The van der Waals surface area contributed by atoms with E-state index in [1.807, 2.05) is 0 Å². The highest BCUT2D eigenvalue weighted by Crippen LogP contribution is 2.18. The summed E-state index contributed by atoms with van der Waals surface area (Å²) in [5.74, 6) is -1.31. The number of urea groups is 1. The van der Waals surface area contributed by atoms with Crippen LogP contribution in [0, 0.1) is 5.92 Å². The molecule has 1 heterocycles. The molecule has 2 amide bonds. The first-order valence-electron chi connectivity index (χ1n) is 7.79. The Morgan fingerprint density at radius 3 is 2.52 bits per heavy atom. The van der Waals surface area contributed by atoms with E-state index >= 15 is 0 Å². The third-order valence-corrected chi connectivity index (χ3v) is 4.18. The number of amides is 2. The zero-order valence-electron chi connectivity index (χ0n) is 12.5. The summed E-state index contributed by atoms with van der Waals surface area (Å²) >= 11 is 0. The minimum absolute atomic E-state index is 0.175. The summed E-state index contributed by atoms with van der Waals surface area (Å²) in [6, 6.07) is -0.144. The number of carboxylic acids is 1. The molecule has 2 aliphatic rings. The molecule has 6 heteroatoms. The lowest BCUT2D eigenvalue weighted by Gasteiger charge is -2.32. The van der Waals surface area contributed by atoms with Crippen LogP contribution >= 0.6 is 0 Å². The highest BCUT2D eigenvalue weighted by molar-refractivity contribution is 5.76. The van der Waals surface area contributed by atoms with E-state index in [1.54, 1.807) is 12.2 Å². The quantitative estimate of drug-likeness (QED) is 0.665. The third-order valence-electron chi connectivity index (χ3n) is 4.18. The van der Waals surface area contributed by atoms with Crippen molar-refractivity contribution < 1.29 is 14.7 Å². The van der Waals surface area contributed by atoms with Gasteiger partial charge in [-0.05, 0) is 32.2 Å². The van der Waals surface area contributed by atoms with Crippen molar-refractivity contribution in [3.63, 3.8) is 0 Å². The second kappa shape index (κ2) is 7.45. The van der Waals surface area contributed by atoms with Crippen molar-refractivity contribution in [3.05, 3.63) is 12.2 Å². The van der Waals surface area contributed by atoms with Crippen molar-refractivity contribution in [3.8, 4) is 0 Å². The molecule has 0 aromatic carbocycles. The van der Waals surface area contributed by atoms with Crippen LogP contribution in [0.25, 0.3) is 0 Å². The lowest BCUT2D eigenvalue weighted by Crippen LogP contribution is -2.49. The Morgan fingerprint density at radius 2 is 1.95 bits per heavy atom. The Balaban J connectivity index is 1.67. The number of rotatable bonds is 5. The molecule has 0 aromatic rings. The molecule has 2 unspecified atom stereocenters. The summed E-state index contributed by atoms with van der Waals surface area (Å²) in [5, 5.41) is 14.7. The standard InChI is InChI=1S/C15H25N3O3/c1-2-7-18-8-5-12(6-9-18)16-15(21)17-13-4-3-11(10-13)14(19)20/h3-4,11-13H,2,5-10H2,1H3,(H,19,20)(H2,16,17,21). The van der Waals surface area contributed by atoms with Crippen LogP contribution in [0.5, 0.6) is 0 Å². The molecule has 2 rings (SSSR count). The van der Waals surface area contributed by atoms with E-state index in [9.17, 15) is 9.59 Å². The molecule has 0 saturated carbocycles. The van der Waals surface area contributed by atoms with Gasteiger partial charge in [-0.1, -0.05) is 19.1 Å². The topological polar surface area (TPSA) is 81.7 Å². The lowest BCUT2D eigenvalue weighted by atomic mass is 10.1. The normalized spacial score (nSPS) is 26.7. The minimum atomic E-state index is -0.834. The molecular formula is C15H25N3O3. The van der Waals surface area contributed by atoms with Gasteiger partial charge in [0, 0.05) is 19.1 Å². The van der Waals surface area contributed by atoms with Crippen molar-refractivity contribution in [1.29, 1.82) is 0 Å². The summed E-state index contributed by atoms with van der Waals surface area (Å²) in [6.45, 7) is 5.37. The van der Waals surface area contributed by atoms with Gasteiger partial charge in [-0.3, -0.25) is 4.79 Å². The average molecular weight is 295 g/mol. The van der Waals surface area contributed by atoms with E-state index in [0.717, 1.165) is 38.9 Å². The third kappa shape index (κ3) is 4.74. The molecule has 118 valence electrons. The Kier molecular flexibility index (Phi) is 5.61. The molecule has 0 radical (unpaired) electrons. The minimum Gasteiger partial charge on any atom is -0.481 e. The molecule has 1 aliphatic carbocycles. The molecule has 6 nitrogen and oxygen atoms in total. The van der Waals surface area contributed by atoms with Crippen molar-refractivity contribution >= 4 is 12.0 Å². The number of hydrogen-bond acceptors (Lipinski definition) is 3. The average Bonchev–Trinajstić information content (AvgIpc) is 2.90. The molecular weight excluding hydrogens is 270 g/mol. The van der Waals surface area contributed by atoms with E-state index in [1.165, 1.54) is 0 Å². The van der Waals surface area contributed by atoms with Gasteiger partial charge in [-0.2, -0.15) is 0 Å².